The fraction of sp³-hybridized carbons (Fsp3) is 0.533. The van der Waals surface area contributed by atoms with Crippen LogP contribution in [0.15, 0.2) is 18.2 Å². The standard InChI is InChI=1S/C15H23N3O2/c1-10-3-4-14(13(16)5-10)17-15(20)9-18(2)8-11-6-12(19)7-11/h3-5,11-12,19H,6-9,16H2,1-2H3,(H,17,20). The molecule has 0 aliphatic heterocycles. The largest absolute Gasteiger partial charge is 0.397 e. The number of hydrogen-bond donors (Lipinski definition) is 3. The van der Waals surface area contributed by atoms with Crippen LogP contribution in [0, 0.1) is 12.8 Å². The lowest BCUT2D eigenvalue weighted by molar-refractivity contribution is -0.117. The highest BCUT2D eigenvalue weighted by atomic mass is 16.3. The van der Waals surface area contributed by atoms with E-state index in [9.17, 15) is 9.90 Å². The van der Waals surface area contributed by atoms with E-state index in [1.54, 1.807) is 0 Å². The number of carbonyl (C=O) groups is 1. The number of hydrogen-bond acceptors (Lipinski definition) is 4. The van der Waals surface area contributed by atoms with Crippen LogP contribution < -0.4 is 11.1 Å². The van der Waals surface area contributed by atoms with Gasteiger partial charge >= 0.3 is 0 Å². The zero-order chi connectivity index (χ0) is 14.7. The van der Waals surface area contributed by atoms with Crippen LogP contribution in [-0.2, 0) is 4.79 Å². The van der Waals surface area contributed by atoms with Gasteiger partial charge < -0.3 is 16.2 Å². The summed E-state index contributed by atoms with van der Waals surface area (Å²) < 4.78 is 0. The van der Waals surface area contributed by atoms with Gasteiger partial charge in [0.1, 0.15) is 0 Å². The predicted octanol–water partition coefficient (Wildman–Crippen LogP) is 1.22. The first-order chi connectivity index (χ1) is 9.44. The Bertz CT molecular complexity index is 484. The number of aliphatic hydroxyl groups excluding tert-OH is 1. The molecule has 0 spiro atoms. The molecule has 1 aliphatic rings. The van der Waals surface area contributed by atoms with E-state index in [0.29, 0.717) is 23.8 Å². The number of benzene rings is 1. The van der Waals surface area contributed by atoms with Gasteiger partial charge in [0.2, 0.25) is 5.91 Å². The third-order valence-corrected chi connectivity index (χ3v) is 3.68. The summed E-state index contributed by atoms with van der Waals surface area (Å²) >= 11 is 0. The van der Waals surface area contributed by atoms with Crippen LogP contribution in [0.1, 0.15) is 18.4 Å². The topological polar surface area (TPSA) is 78.6 Å². The number of anilines is 2. The minimum atomic E-state index is -0.144. The Hall–Kier alpha value is -1.59. The van der Waals surface area contributed by atoms with Crippen molar-refractivity contribution in [3.63, 3.8) is 0 Å². The van der Waals surface area contributed by atoms with E-state index < -0.39 is 0 Å². The summed E-state index contributed by atoms with van der Waals surface area (Å²) in [7, 11) is 1.92. The Morgan fingerprint density at radius 3 is 2.80 bits per heavy atom. The summed E-state index contributed by atoms with van der Waals surface area (Å²) in [5.74, 6) is 0.440. The van der Waals surface area contributed by atoms with Crippen LogP contribution in [0.2, 0.25) is 0 Å². The van der Waals surface area contributed by atoms with Gasteiger partial charge in [0.15, 0.2) is 0 Å². The van der Waals surface area contributed by atoms with Gasteiger partial charge in [0.05, 0.1) is 24.0 Å². The second-order valence-corrected chi connectivity index (χ2v) is 5.83. The number of carbonyl (C=O) groups excluding carboxylic acids is 1. The molecule has 0 aromatic heterocycles. The van der Waals surface area contributed by atoms with Crippen molar-refractivity contribution in [1.82, 2.24) is 4.90 Å². The van der Waals surface area contributed by atoms with Crippen molar-refractivity contribution in [2.24, 2.45) is 5.92 Å². The minimum absolute atomic E-state index is 0.0667. The van der Waals surface area contributed by atoms with Gasteiger partial charge in [-0.3, -0.25) is 9.69 Å². The third-order valence-electron chi connectivity index (χ3n) is 3.68. The van der Waals surface area contributed by atoms with Crippen LogP contribution >= 0.6 is 0 Å². The zero-order valence-electron chi connectivity index (χ0n) is 12.1. The molecule has 1 aromatic rings. The van der Waals surface area contributed by atoms with Gasteiger partial charge in [0.25, 0.3) is 0 Å². The maximum Gasteiger partial charge on any atom is 0.238 e. The van der Waals surface area contributed by atoms with Crippen molar-refractivity contribution in [3.05, 3.63) is 23.8 Å². The molecule has 0 unspecified atom stereocenters. The van der Waals surface area contributed by atoms with Crippen LogP contribution in [0.4, 0.5) is 11.4 Å². The fourth-order valence-corrected chi connectivity index (χ4v) is 2.59. The molecule has 2 rings (SSSR count). The highest BCUT2D eigenvalue weighted by molar-refractivity contribution is 5.95. The number of nitrogens with one attached hydrogen (secondary N) is 1. The smallest absolute Gasteiger partial charge is 0.238 e. The Morgan fingerprint density at radius 2 is 2.20 bits per heavy atom. The normalized spacial score (nSPS) is 21.6. The number of rotatable bonds is 5. The van der Waals surface area contributed by atoms with E-state index in [-0.39, 0.29) is 12.0 Å². The lowest BCUT2D eigenvalue weighted by Crippen LogP contribution is -2.40. The molecule has 0 radical (unpaired) electrons. The highest BCUT2D eigenvalue weighted by Gasteiger charge is 2.28. The number of nitrogen functional groups attached to an aromatic ring is 1. The van der Waals surface area contributed by atoms with Crippen LogP contribution in [0.3, 0.4) is 0 Å². The number of nitrogens with two attached hydrogens (primary N) is 1. The Morgan fingerprint density at radius 1 is 1.50 bits per heavy atom. The maximum absolute atomic E-state index is 12.0. The Balaban J connectivity index is 1.79. The van der Waals surface area contributed by atoms with E-state index in [0.717, 1.165) is 24.9 Å². The maximum atomic E-state index is 12.0. The van der Waals surface area contributed by atoms with Gasteiger partial charge in [-0.25, -0.2) is 0 Å². The van der Waals surface area contributed by atoms with Crippen molar-refractivity contribution in [3.8, 4) is 0 Å². The van der Waals surface area contributed by atoms with Gasteiger partial charge in [-0.15, -0.1) is 0 Å². The average Bonchev–Trinajstić information content (AvgIpc) is 2.30. The van der Waals surface area contributed by atoms with E-state index in [4.69, 9.17) is 5.73 Å². The molecule has 0 atom stereocenters. The van der Waals surface area contributed by atoms with Crippen LogP contribution in [0.25, 0.3) is 0 Å². The molecule has 4 N–H and O–H groups in total. The number of nitrogens with zero attached hydrogens (tertiary/aromatic N) is 1. The van der Waals surface area contributed by atoms with Gasteiger partial charge in [-0.2, -0.15) is 0 Å². The molecular weight excluding hydrogens is 254 g/mol. The molecule has 110 valence electrons. The number of amides is 1. The van der Waals surface area contributed by atoms with E-state index in [2.05, 4.69) is 5.32 Å². The number of aryl methyl sites for hydroxylation is 1. The molecule has 1 aromatic carbocycles. The lowest BCUT2D eigenvalue weighted by Gasteiger charge is -2.34. The molecular formula is C15H23N3O2. The summed E-state index contributed by atoms with van der Waals surface area (Å²) in [6.07, 6.45) is 1.54. The summed E-state index contributed by atoms with van der Waals surface area (Å²) in [5, 5.41) is 12.1. The first-order valence-electron chi connectivity index (χ1n) is 6.96. The second-order valence-electron chi connectivity index (χ2n) is 5.83. The van der Waals surface area contributed by atoms with E-state index in [1.807, 2.05) is 37.1 Å². The average molecular weight is 277 g/mol. The van der Waals surface area contributed by atoms with Crippen molar-refractivity contribution in [2.45, 2.75) is 25.9 Å². The van der Waals surface area contributed by atoms with Crippen LogP contribution in [0.5, 0.6) is 0 Å². The molecule has 1 amide bonds. The molecule has 1 saturated carbocycles. The van der Waals surface area contributed by atoms with Gasteiger partial charge in [0, 0.05) is 6.54 Å². The monoisotopic (exact) mass is 277 g/mol. The highest BCUT2D eigenvalue weighted by Crippen LogP contribution is 2.27. The third kappa shape index (κ3) is 3.95. The minimum Gasteiger partial charge on any atom is -0.397 e. The Kier molecular flexibility index (Phi) is 4.62. The van der Waals surface area contributed by atoms with Crippen LogP contribution in [-0.4, -0.2) is 42.2 Å². The molecule has 5 nitrogen and oxygen atoms in total. The molecule has 0 heterocycles. The summed E-state index contributed by atoms with van der Waals surface area (Å²) in [5.41, 5.74) is 8.19. The zero-order valence-corrected chi connectivity index (χ0v) is 12.1. The molecule has 5 heteroatoms. The van der Waals surface area contributed by atoms with Crippen molar-refractivity contribution in [2.75, 3.05) is 31.2 Å². The fourth-order valence-electron chi connectivity index (χ4n) is 2.59. The van der Waals surface area contributed by atoms with Crippen molar-refractivity contribution < 1.29 is 9.90 Å². The SMILES string of the molecule is Cc1ccc(NC(=O)CN(C)CC2CC(O)C2)c(N)c1. The molecule has 0 bridgehead atoms. The summed E-state index contributed by atoms with van der Waals surface area (Å²) in [6.45, 7) is 3.14. The molecule has 20 heavy (non-hydrogen) atoms. The van der Waals surface area contributed by atoms with Gasteiger partial charge in [-0.05, 0) is 50.4 Å². The molecule has 1 aliphatic carbocycles. The lowest BCUT2D eigenvalue weighted by atomic mass is 9.82. The molecule has 1 fully saturated rings. The quantitative estimate of drug-likeness (QED) is 0.707. The number of likely N-dealkylation sites (N-methyl/N-ethyl adjacent to an activating group) is 1. The van der Waals surface area contributed by atoms with Gasteiger partial charge in [-0.1, -0.05) is 6.07 Å². The van der Waals surface area contributed by atoms with E-state index >= 15 is 0 Å². The number of aliphatic hydroxyl groups is 1. The molecule has 0 saturated heterocycles. The second kappa shape index (κ2) is 6.24. The Labute approximate surface area is 119 Å². The first-order valence-corrected chi connectivity index (χ1v) is 6.96. The first kappa shape index (κ1) is 14.8. The van der Waals surface area contributed by atoms with Crippen molar-refractivity contribution >= 4 is 17.3 Å². The summed E-state index contributed by atoms with van der Waals surface area (Å²) in [6, 6.07) is 5.59. The van der Waals surface area contributed by atoms with Crippen molar-refractivity contribution in [1.29, 1.82) is 0 Å². The summed E-state index contributed by atoms with van der Waals surface area (Å²) in [4.78, 5) is 13.9. The van der Waals surface area contributed by atoms with E-state index in [1.165, 1.54) is 0 Å². The predicted molar refractivity (Wildman–Crippen MR) is 80.4 cm³/mol.